The van der Waals surface area contributed by atoms with Gasteiger partial charge in [-0.15, -0.1) is 6.58 Å². The van der Waals surface area contributed by atoms with Gasteiger partial charge in [-0.25, -0.2) is 12.7 Å². The summed E-state index contributed by atoms with van der Waals surface area (Å²) in [4.78, 5) is 12.8. The molecule has 0 aromatic heterocycles. The minimum absolute atomic E-state index is 0.0180. The number of allylic oxidation sites excluding steroid dienone is 1. The molecule has 3 fully saturated rings. The SMILES string of the molecule is C=CCC[C@H](C)C(=O)N1[C@H]2C[C@@H]3CC[C@@]2(CS1(=O)=O)C3(C)C. The topological polar surface area (TPSA) is 54.5 Å². The Morgan fingerprint density at radius 2 is 2.14 bits per heavy atom. The second-order valence-electron chi connectivity index (χ2n) is 8.02. The number of carbonyl (C=O) groups excluding carboxylic acids is 1. The van der Waals surface area contributed by atoms with E-state index < -0.39 is 10.0 Å². The summed E-state index contributed by atoms with van der Waals surface area (Å²) in [5.74, 6) is 0.248. The largest absolute Gasteiger partial charge is 0.273 e. The number of fused-ring (bicyclic) bond motifs is 1. The molecule has 3 aliphatic rings. The fraction of sp³-hybridized carbons (Fsp3) is 0.824. The molecular weight excluding hydrogens is 298 g/mol. The van der Waals surface area contributed by atoms with Gasteiger partial charge in [0.25, 0.3) is 0 Å². The van der Waals surface area contributed by atoms with Crippen LogP contribution in [0.2, 0.25) is 0 Å². The molecule has 1 heterocycles. The molecule has 1 amide bonds. The molecule has 2 bridgehead atoms. The Bertz CT molecular complexity index is 609. The van der Waals surface area contributed by atoms with Crippen molar-refractivity contribution in [1.82, 2.24) is 4.31 Å². The molecule has 0 radical (unpaired) electrons. The van der Waals surface area contributed by atoms with Crippen molar-refractivity contribution in [2.45, 2.75) is 58.9 Å². The molecule has 1 spiro atoms. The van der Waals surface area contributed by atoms with Gasteiger partial charge < -0.3 is 0 Å². The van der Waals surface area contributed by atoms with Gasteiger partial charge >= 0.3 is 0 Å². The van der Waals surface area contributed by atoms with Gasteiger partial charge in [0.2, 0.25) is 15.9 Å². The van der Waals surface area contributed by atoms with Crippen molar-refractivity contribution in [3.05, 3.63) is 12.7 Å². The zero-order valence-corrected chi connectivity index (χ0v) is 14.7. The summed E-state index contributed by atoms with van der Waals surface area (Å²) >= 11 is 0. The molecule has 1 saturated heterocycles. The highest BCUT2D eigenvalue weighted by Crippen LogP contribution is 2.70. The van der Waals surface area contributed by atoms with Crippen LogP contribution in [0, 0.1) is 22.7 Å². The van der Waals surface area contributed by atoms with Gasteiger partial charge in [-0.3, -0.25) is 4.79 Å². The molecule has 0 aromatic rings. The molecule has 0 unspecified atom stereocenters. The third kappa shape index (κ3) is 1.87. The van der Waals surface area contributed by atoms with Gasteiger partial charge in [0.05, 0.1) is 11.8 Å². The van der Waals surface area contributed by atoms with Crippen molar-refractivity contribution in [1.29, 1.82) is 0 Å². The summed E-state index contributed by atoms with van der Waals surface area (Å²) in [6.07, 6.45) is 6.09. The molecule has 4 atom stereocenters. The van der Waals surface area contributed by atoms with Crippen molar-refractivity contribution >= 4 is 15.9 Å². The fourth-order valence-electron chi connectivity index (χ4n) is 5.29. The lowest BCUT2D eigenvalue weighted by Gasteiger charge is -2.37. The van der Waals surface area contributed by atoms with E-state index in [9.17, 15) is 13.2 Å². The molecule has 22 heavy (non-hydrogen) atoms. The van der Waals surface area contributed by atoms with Crippen molar-refractivity contribution in [2.75, 3.05) is 5.75 Å². The average Bonchev–Trinajstić information content (AvgIpc) is 2.90. The average molecular weight is 325 g/mol. The quantitative estimate of drug-likeness (QED) is 0.747. The van der Waals surface area contributed by atoms with E-state index in [2.05, 4.69) is 20.4 Å². The number of amides is 1. The molecule has 0 N–H and O–H groups in total. The molecule has 4 nitrogen and oxygen atoms in total. The molecule has 3 rings (SSSR count). The first kappa shape index (κ1) is 16.0. The molecular formula is C17H27NO3S. The maximum atomic E-state index is 12.8. The summed E-state index contributed by atoms with van der Waals surface area (Å²) in [7, 11) is -3.47. The third-order valence-corrected chi connectivity index (χ3v) is 8.77. The molecule has 0 aromatic carbocycles. The van der Waals surface area contributed by atoms with Gasteiger partial charge in [0.1, 0.15) is 0 Å². The number of carbonyl (C=O) groups is 1. The molecule has 2 saturated carbocycles. The van der Waals surface area contributed by atoms with Crippen LogP contribution in [0.15, 0.2) is 12.7 Å². The highest BCUT2D eigenvalue weighted by Gasteiger charge is 2.72. The first-order chi connectivity index (χ1) is 10.2. The van der Waals surface area contributed by atoms with E-state index in [0.717, 1.165) is 25.7 Å². The Morgan fingerprint density at radius 3 is 2.73 bits per heavy atom. The van der Waals surface area contributed by atoms with Crippen LogP contribution < -0.4 is 0 Å². The monoisotopic (exact) mass is 325 g/mol. The lowest BCUT2D eigenvalue weighted by atomic mass is 9.69. The standard InChI is InChI=1S/C17H27NO3S/c1-5-6-7-12(2)15(19)18-14-10-13-8-9-17(14,16(13,3)4)11-22(18,20)21/h5,12-14H,1,6-11H2,2-4H3/t12-,13-,14-,17-/m0/s1. The van der Waals surface area contributed by atoms with Crippen LogP contribution in [-0.4, -0.2) is 30.4 Å². The Hall–Kier alpha value is -0.840. The second kappa shape index (κ2) is 4.83. The lowest BCUT2D eigenvalue weighted by molar-refractivity contribution is -0.132. The van der Waals surface area contributed by atoms with Crippen LogP contribution in [0.5, 0.6) is 0 Å². The Balaban J connectivity index is 1.93. The van der Waals surface area contributed by atoms with E-state index in [4.69, 9.17) is 0 Å². The van der Waals surface area contributed by atoms with E-state index >= 15 is 0 Å². The number of hydrogen-bond donors (Lipinski definition) is 0. The van der Waals surface area contributed by atoms with Gasteiger partial charge in [0, 0.05) is 11.3 Å². The summed E-state index contributed by atoms with van der Waals surface area (Å²) in [6.45, 7) is 9.92. The van der Waals surface area contributed by atoms with Gasteiger partial charge in [-0.1, -0.05) is 26.8 Å². The number of sulfonamides is 1. The summed E-state index contributed by atoms with van der Waals surface area (Å²) < 4.78 is 26.8. The zero-order valence-electron chi connectivity index (χ0n) is 13.8. The second-order valence-corrected chi connectivity index (χ2v) is 9.87. The van der Waals surface area contributed by atoms with Crippen LogP contribution in [0.3, 0.4) is 0 Å². The highest BCUT2D eigenvalue weighted by molar-refractivity contribution is 7.90. The summed E-state index contributed by atoms with van der Waals surface area (Å²) in [6, 6.07) is -0.107. The summed E-state index contributed by atoms with van der Waals surface area (Å²) in [5.41, 5.74) is -0.200. The third-order valence-electron chi connectivity index (χ3n) is 6.85. The predicted octanol–water partition coefficient (Wildman–Crippen LogP) is 2.96. The molecule has 124 valence electrons. The van der Waals surface area contributed by atoms with Gasteiger partial charge in [-0.2, -0.15) is 0 Å². The molecule has 2 aliphatic carbocycles. The van der Waals surface area contributed by atoms with E-state index in [1.165, 1.54) is 4.31 Å². The van der Waals surface area contributed by atoms with Crippen LogP contribution in [0.4, 0.5) is 0 Å². The van der Waals surface area contributed by atoms with Crippen LogP contribution in [-0.2, 0) is 14.8 Å². The van der Waals surface area contributed by atoms with Crippen LogP contribution >= 0.6 is 0 Å². The maximum absolute atomic E-state index is 12.8. The van der Waals surface area contributed by atoms with Crippen molar-refractivity contribution < 1.29 is 13.2 Å². The minimum atomic E-state index is -3.47. The van der Waals surface area contributed by atoms with Crippen molar-refractivity contribution in [3.63, 3.8) is 0 Å². The van der Waals surface area contributed by atoms with Crippen LogP contribution in [0.1, 0.15) is 52.9 Å². The predicted molar refractivity (Wildman–Crippen MR) is 86.6 cm³/mol. The Labute approximate surface area is 134 Å². The molecule has 1 aliphatic heterocycles. The Morgan fingerprint density at radius 1 is 1.45 bits per heavy atom. The number of nitrogens with zero attached hydrogens (tertiary/aromatic N) is 1. The zero-order chi connectivity index (χ0) is 16.3. The smallest absolute Gasteiger partial charge is 0.239 e. The van der Waals surface area contributed by atoms with E-state index in [0.29, 0.717) is 12.3 Å². The van der Waals surface area contributed by atoms with Gasteiger partial charge in [-0.05, 0) is 43.4 Å². The number of hydrogen-bond acceptors (Lipinski definition) is 3. The van der Waals surface area contributed by atoms with Crippen molar-refractivity contribution in [3.8, 4) is 0 Å². The maximum Gasteiger partial charge on any atom is 0.239 e. The molecule has 5 heteroatoms. The first-order valence-corrected chi connectivity index (χ1v) is 9.95. The van der Waals surface area contributed by atoms with E-state index in [-0.39, 0.29) is 34.4 Å². The first-order valence-electron chi connectivity index (χ1n) is 8.34. The number of rotatable bonds is 4. The lowest BCUT2D eigenvalue weighted by Crippen LogP contribution is -2.45. The summed E-state index contributed by atoms with van der Waals surface area (Å²) in [5, 5.41) is 0. The Kier molecular flexibility index (Phi) is 3.52. The normalized spacial score (nSPS) is 38.8. The highest BCUT2D eigenvalue weighted by atomic mass is 32.2. The van der Waals surface area contributed by atoms with Gasteiger partial charge in [0.15, 0.2) is 0 Å². The van der Waals surface area contributed by atoms with E-state index in [1.807, 2.05) is 6.92 Å². The van der Waals surface area contributed by atoms with Crippen LogP contribution in [0.25, 0.3) is 0 Å². The van der Waals surface area contributed by atoms with E-state index in [1.54, 1.807) is 6.08 Å². The minimum Gasteiger partial charge on any atom is -0.273 e. The fourth-order valence-corrected chi connectivity index (χ4v) is 7.92. The van der Waals surface area contributed by atoms with Crippen molar-refractivity contribution in [2.24, 2.45) is 22.7 Å².